The molecule has 2 N–H and O–H groups in total. The first-order valence-electron chi connectivity index (χ1n) is 12.8. The fourth-order valence-electron chi connectivity index (χ4n) is 5.27. The lowest BCUT2D eigenvalue weighted by atomic mass is 9.85. The van der Waals surface area contributed by atoms with Crippen LogP contribution in [0.3, 0.4) is 0 Å². The summed E-state index contributed by atoms with van der Waals surface area (Å²) < 4.78 is 55.1. The molecule has 1 amide bonds. The Kier molecular flexibility index (Phi) is 7.54. The lowest BCUT2D eigenvalue weighted by molar-refractivity contribution is -0.182. The third kappa shape index (κ3) is 6.38. The van der Waals surface area contributed by atoms with Crippen molar-refractivity contribution in [1.29, 1.82) is 0 Å². The molecule has 1 unspecified atom stereocenters. The number of fused-ring (bicyclic) bond motifs is 2. The average molecular weight is 544 g/mol. The van der Waals surface area contributed by atoms with E-state index < -0.39 is 24.0 Å². The molecule has 0 radical (unpaired) electrons. The van der Waals surface area contributed by atoms with Crippen LogP contribution in [0.1, 0.15) is 49.1 Å². The van der Waals surface area contributed by atoms with Crippen LogP contribution in [0, 0.1) is 5.92 Å². The molecule has 1 saturated carbocycles. The van der Waals surface area contributed by atoms with Gasteiger partial charge in [0.1, 0.15) is 5.75 Å². The molecule has 206 valence electrons. The van der Waals surface area contributed by atoms with Gasteiger partial charge in [0.15, 0.2) is 18.1 Å². The Bertz CT molecular complexity index is 1370. The van der Waals surface area contributed by atoms with Crippen LogP contribution in [-0.2, 0) is 9.59 Å². The van der Waals surface area contributed by atoms with E-state index in [0.29, 0.717) is 17.2 Å². The van der Waals surface area contributed by atoms with E-state index in [-0.39, 0.29) is 57.5 Å². The van der Waals surface area contributed by atoms with Gasteiger partial charge in [-0.25, -0.2) is 0 Å². The van der Waals surface area contributed by atoms with Crippen molar-refractivity contribution in [3.8, 4) is 17.2 Å². The summed E-state index contributed by atoms with van der Waals surface area (Å²) in [6.07, 6.45) is -3.71. The number of benzene rings is 3. The summed E-state index contributed by atoms with van der Waals surface area (Å²) in [5.74, 6) is -1.41. The Hall–Kier alpha value is -3.95. The molecule has 1 aliphatic heterocycles. The number of hydrogen-bond acceptors (Lipinski definition) is 5. The number of rotatable bonds is 8. The highest BCUT2D eigenvalue weighted by molar-refractivity contribution is 5.85. The standard InChI is InChI=1S/C29H28F3NO6/c30-29(31,32)21-5-7-22(8-6-21)33-27(34)15-37-23-9-3-17-1-2-18(11-20(17)12-23)24(14-28(35)36)19-4-10-25-26(13-19)39-16-38-25/h1-4,9-13,21-22,24H,5-8,14-16H2,(H,33,34)(H,35,36). The second-order valence-electron chi connectivity index (χ2n) is 9.98. The van der Waals surface area contributed by atoms with E-state index in [2.05, 4.69) is 5.32 Å². The van der Waals surface area contributed by atoms with Crippen molar-refractivity contribution < 1.29 is 42.1 Å². The SMILES string of the molecule is O=C(O)CC(c1ccc2c(c1)OCO2)c1ccc2ccc(OCC(=O)NC3CCC(C(F)(F)F)CC3)cc2c1. The van der Waals surface area contributed by atoms with Gasteiger partial charge in [0.2, 0.25) is 6.79 Å². The number of carboxylic acids is 1. The molecule has 7 nitrogen and oxygen atoms in total. The summed E-state index contributed by atoms with van der Waals surface area (Å²) >= 11 is 0. The third-order valence-corrected chi connectivity index (χ3v) is 7.34. The maximum atomic E-state index is 12.9. The van der Waals surface area contributed by atoms with Crippen molar-refractivity contribution in [3.63, 3.8) is 0 Å². The van der Waals surface area contributed by atoms with Crippen LogP contribution in [0.25, 0.3) is 10.8 Å². The molecule has 0 spiro atoms. The number of alkyl halides is 3. The number of carboxylic acid groups (broad SMARTS) is 1. The first kappa shape index (κ1) is 26.6. The van der Waals surface area contributed by atoms with Crippen molar-refractivity contribution in [2.24, 2.45) is 5.92 Å². The number of nitrogens with one attached hydrogen (secondary N) is 1. The number of hydrogen-bond donors (Lipinski definition) is 2. The Balaban J connectivity index is 1.26. The quantitative estimate of drug-likeness (QED) is 0.374. The molecular weight excluding hydrogens is 515 g/mol. The topological polar surface area (TPSA) is 94.1 Å². The van der Waals surface area contributed by atoms with Gasteiger partial charge in [-0.3, -0.25) is 9.59 Å². The van der Waals surface area contributed by atoms with E-state index in [1.54, 1.807) is 24.3 Å². The summed E-state index contributed by atoms with van der Waals surface area (Å²) in [5.41, 5.74) is 1.59. The molecule has 3 aromatic carbocycles. The maximum Gasteiger partial charge on any atom is 0.391 e. The number of carbonyl (C=O) groups excluding carboxylic acids is 1. The van der Waals surface area contributed by atoms with Gasteiger partial charge in [-0.15, -0.1) is 0 Å². The first-order chi connectivity index (χ1) is 18.7. The van der Waals surface area contributed by atoms with Crippen molar-refractivity contribution in [3.05, 3.63) is 65.7 Å². The van der Waals surface area contributed by atoms with Gasteiger partial charge in [0.25, 0.3) is 5.91 Å². The lowest BCUT2D eigenvalue weighted by Crippen LogP contribution is -2.41. The van der Waals surface area contributed by atoms with E-state index in [1.165, 1.54) is 0 Å². The van der Waals surface area contributed by atoms with Gasteiger partial charge < -0.3 is 24.6 Å². The normalized spacial score (nSPS) is 19.5. The summed E-state index contributed by atoms with van der Waals surface area (Å²) in [7, 11) is 0. The van der Waals surface area contributed by atoms with E-state index in [0.717, 1.165) is 21.9 Å². The Morgan fingerprint density at radius 2 is 1.62 bits per heavy atom. The highest BCUT2D eigenvalue weighted by Gasteiger charge is 2.41. The lowest BCUT2D eigenvalue weighted by Gasteiger charge is -2.30. The number of amides is 1. The predicted octanol–water partition coefficient (Wildman–Crippen LogP) is 5.79. The van der Waals surface area contributed by atoms with Crippen LogP contribution in [0.2, 0.25) is 0 Å². The number of carbonyl (C=O) groups is 2. The van der Waals surface area contributed by atoms with Gasteiger partial charge in [-0.2, -0.15) is 13.2 Å². The predicted molar refractivity (Wildman–Crippen MR) is 136 cm³/mol. The van der Waals surface area contributed by atoms with Crippen molar-refractivity contribution in [1.82, 2.24) is 5.32 Å². The second kappa shape index (κ2) is 11.0. The monoisotopic (exact) mass is 543 g/mol. The molecule has 0 aromatic heterocycles. The average Bonchev–Trinajstić information content (AvgIpc) is 3.38. The first-order valence-corrected chi connectivity index (χ1v) is 12.8. The van der Waals surface area contributed by atoms with E-state index in [9.17, 15) is 27.9 Å². The van der Waals surface area contributed by atoms with E-state index in [1.807, 2.05) is 30.3 Å². The smallest absolute Gasteiger partial charge is 0.391 e. The summed E-state index contributed by atoms with van der Waals surface area (Å²) in [6.45, 7) is -0.137. The van der Waals surface area contributed by atoms with Gasteiger partial charge in [0.05, 0.1) is 12.3 Å². The summed E-state index contributed by atoms with van der Waals surface area (Å²) in [6, 6.07) is 16.2. The molecule has 1 heterocycles. The minimum Gasteiger partial charge on any atom is -0.484 e. The summed E-state index contributed by atoms with van der Waals surface area (Å²) in [5, 5.41) is 14.1. The van der Waals surface area contributed by atoms with Crippen LogP contribution in [0.15, 0.2) is 54.6 Å². The molecule has 10 heteroatoms. The van der Waals surface area contributed by atoms with Crippen LogP contribution >= 0.6 is 0 Å². The molecule has 0 saturated heterocycles. The fourth-order valence-corrected chi connectivity index (χ4v) is 5.27. The Labute approximate surface area is 222 Å². The number of halogens is 3. The minimum absolute atomic E-state index is 0.0114. The van der Waals surface area contributed by atoms with Gasteiger partial charge >= 0.3 is 12.1 Å². The van der Waals surface area contributed by atoms with Crippen molar-refractivity contribution in [2.45, 2.75) is 50.2 Å². The molecule has 1 fully saturated rings. The minimum atomic E-state index is -4.19. The number of ether oxygens (including phenoxy) is 3. The second-order valence-corrected chi connectivity index (χ2v) is 9.98. The Morgan fingerprint density at radius 1 is 0.923 bits per heavy atom. The van der Waals surface area contributed by atoms with Crippen LogP contribution in [0.5, 0.6) is 17.2 Å². The van der Waals surface area contributed by atoms with Crippen LogP contribution in [-0.4, -0.2) is 42.6 Å². The van der Waals surface area contributed by atoms with Crippen molar-refractivity contribution in [2.75, 3.05) is 13.4 Å². The van der Waals surface area contributed by atoms with Gasteiger partial charge in [-0.1, -0.05) is 30.3 Å². The largest absolute Gasteiger partial charge is 0.484 e. The number of aliphatic carboxylic acids is 1. The summed E-state index contributed by atoms with van der Waals surface area (Å²) in [4.78, 5) is 24.1. The molecule has 3 aromatic rings. The molecule has 0 bridgehead atoms. The van der Waals surface area contributed by atoms with E-state index >= 15 is 0 Å². The highest BCUT2D eigenvalue weighted by Crippen LogP contribution is 2.39. The zero-order valence-corrected chi connectivity index (χ0v) is 21.0. The third-order valence-electron chi connectivity index (χ3n) is 7.34. The van der Waals surface area contributed by atoms with Gasteiger partial charge in [0, 0.05) is 12.0 Å². The molecule has 1 atom stereocenters. The molecule has 5 rings (SSSR count). The molecule has 1 aliphatic carbocycles. The molecule has 39 heavy (non-hydrogen) atoms. The zero-order valence-electron chi connectivity index (χ0n) is 21.0. The van der Waals surface area contributed by atoms with Crippen molar-refractivity contribution >= 4 is 22.6 Å². The highest BCUT2D eigenvalue weighted by atomic mass is 19.4. The maximum absolute atomic E-state index is 12.9. The molecule has 2 aliphatic rings. The molecular formula is C29H28F3NO6. The zero-order chi connectivity index (χ0) is 27.6. The van der Waals surface area contributed by atoms with Gasteiger partial charge in [-0.05, 0) is 71.8 Å². The fraction of sp³-hybridized carbons (Fsp3) is 0.379. The van der Waals surface area contributed by atoms with Crippen LogP contribution in [0.4, 0.5) is 13.2 Å². The Morgan fingerprint density at radius 3 is 2.36 bits per heavy atom. The van der Waals surface area contributed by atoms with E-state index in [4.69, 9.17) is 14.2 Å². The van der Waals surface area contributed by atoms with Crippen LogP contribution < -0.4 is 19.5 Å².